The highest BCUT2D eigenvalue weighted by Crippen LogP contribution is 2.41. The van der Waals surface area contributed by atoms with E-state index in [4.69, 9.17) is 4.74 Å². The summed E-state index contributed by atoms with van der Waals surface area (Å²) in [5.74, 6) is 1.59. The molecule has 4 rings (SSSR count). The molecule has 0 bridgehead atoms. The summed E-state index contributed by atoms with van der Waals surface area (Å²) in [6, 6.07) is 18.7. The molecule has 0 aliphatic heterocycles. The predicted molar refractivity (Wildman–Crippen MR) is 115 cm³/mol. The Balaban J connectivity index is 1.50. The molecule has 1 aromatic heterocycles. The van der Waals surface area contributed by atoms with Crippen molar-refractivity contribution in [2.24, 2.45) is 0 Å². The Morgan fingerprint density at radius 2 is 1.96 bits per heavy atom. The van der Waals surface area contributed by atoms with E-state index in [9.17, 15) is 4.79 Å². The molecule has 1 aliphatic carbocycles. The van der Waals surface area contributed by atoms with Crippen LogP contribution < -0.4 is 4.74 Å². The molecule has 2 aromatic carbocycles. The Kier molecular flexibility index (Phi) is 5.23. The van der Waals surface area contributed by atoms with Crippen molar-refractivity contribution in [2.75, 3.05) is 14.2 Å². The van der Waals surface area contributed by atoms with E-state index in [2.05, 4.69) is 43.3 Å². The lowest BCUT2D eigenvalue weighted by atomic mass is 10.1. The number of hydrogen-bond donors (Lipinski definition) is 0. The van der Waals surface area contributed by atoms with Crippen LogP contribution in [0.1, 0.15) is 45.1 Å². The van der Waals surface area contributed by atoms with Crippen LogP contribution in [0, 0.1) is 6.92 Å². The first-order valence-electron chi connectivity index (χ1n) is 9.63. The smallest absolute Gasteiger partial charge is 0.263 e. The second-order valence-corrected chi connectivity index (χ2v) is 8.67. The molecule has 0 N–H and O–H groups in total. The minimum absolute atomic E-state index is 0.0553. The van der Waals surface area contributed by atoms with Crippen LogP contribution in [0.25, 0.3) is 10.4 Å². The average Bonchev–Trinajstić information content (AvgIpc) is 3.43. The van der Waals surface area contributed by atoms with Crippen molar-refractivity contribution in [3.05, 3.63) is 76.2 Å². The molecule has 144 valence electrons. The van der Waals surface area contributed by atoms with Crippen molar-refractivity contribution in [1.29, 1.82) is 0 Å². The van der Waals surface area contributed by atoms with Crippen LogP contribution in [0.4, 0.5) is 0 Å². The van der Waals surface area contributed by atoms with Crippen molar-refractivity contribution in [2.45, 2.75) is 32.2 Å². The van der Waals surface area contributed by atoms with Crippen LogP contribution in [0.2, 0.25) is 0 Å². The number of methoxy groups -OCH3 is 1. The van der Waals surface area contributed by atoms with Gasteiger partial charge in [0.1, 0.15) is 5.75 Å². The van der Waals surface area contributed by atoms with Crippen molar-refractivity contribution >= 4 is 17.2 Å². The summed E-state index contributed by atoms with van der Waals surface area (Å²) in [7, 11) is 3.56. The standard InChI is InChI=1S/C24H25NO2S/c1-16-5-4-6-19(11-16)22-9-10-23(28-22)24(26)25(2)15-17-12-20(18-7-8-18)14-21(13-17)27-3/h4-6,9-14,18H,7-8,15H2,1-3H3. The van der Waals surface area contributed by atoms with Gasteiger partial charge in [-0.3, -0.25) is 4.79 Å². The molecule has 1 aliphatic rings. The van der Waals surface area contributed by atoms with Gasteiger partial charge in [-0.2, -0.15) is 0 Å². The Hall–Kier alpha value is -2.59. The van der Waals surface area contributed by atoms with Gasteiger partial charge in [-0.25, -0.2) is 0 Å². The summed E-state index contributed by atoms with van der Waals surface area (Å²) in [5.41, 5.74) is 4.83. The molecule has 28 heavy (non-hydrogen) atoms. The van der Waals surface area contributed by atoms with Crippen molar-refractivity contribution < 1.29 is 9.53 Å². The molecule has 1 saturated carbocycles. The molecule has 0 unspecified atom stereocenters. The number of carbonyl (C=O) groups is 1. The lowest BCUT2D eigenvalue weighted by Crippen LogP contribution is -2.25. The number of rotatable bonds is 6. The molecule has 0 radical (unpaired) electrons. The third kappa shape index (κ3) is 4.12. The van der Waals surface area contributed by atoms with E-state index >= 15 is 0 Å². The number of benzene rings is 2. The topological polar surface area (TPSA) is 29.5 Å². The number of nitrogens with zero attached hydrogens (tertiary/aromatic N) is 1. The van der Waals surface area contributed by atoms with Gasteiger partial charge in [0.05, 0.1) is 12.0 Å². The fraction of sp³-hybridized carbons (Fsp3) is 0.292. The maximum atomic E-state index is 13.0. The van der Waals surface area contributed by atoms with Crippen LogP contribution in [0.5, 0.6) is 5.75 Å². The molecule has 1 heterocycles. The van der Waals surface area contributed by atoms with Crippen LogP contribution >= 0.6 is 11.3 Å². The molecule has 0 spiro atoms. The fourth-order valence-electron chi connectivity index (χ4n) is 3.49. The molecule has 0 atom stereocenters. The Morgan fingerprint density at radius 3 is 2.68 bits per heavy atom. The van der Waals surface area contributed by atoms with E-state index in [1.807, 2.05) is 25.2 Å². The summed E-state index contributed by atoms with van der Waals surface area (Å²) in [6.45, 7) is 2.66. The Labute approximate surface area is 170 Å². The number of ether oxygens (including phenoxy) is 1. The van der Waals surface area contributed by atoms with Gasteiger partial charge in [0.25, 0.3) is 5.91 Å². The lowest BCUT2D eigenvalue weighted by Gasteiger charge is -2.18. The number of aryl methyl sites for hydroxylation is 1. The summed E-state index contributed by atoms with van der Waals surface area (Å²) in [4.78, 5) is 16.6. The zero-order valence-corrected chi connectivity index (χ0v) is 17.4. The van der Waals surface area contributed by atoms with E-state index < -0.39 is 0 Å². The third-order valence-corrected chi connectivity index (χ3v) is 6.28. The molecule has 0 saturated heterocycles. The molecule has 3 nitrogen and oxygen atoms in total. The van der Waals surface area contributed by atoms with Gasteiger partial charge < -0.3 is 9.64 Å². The lowest BCUT2D eigenvalue weighted by molar-refractivity contribution is 0.0789. The summed E-state index contributed by atoms with van der Waals surface area (Å²) in [6.07, 6.45) is 2.50. The minimum atomic E-state index is 0.0553. The summed E-state index contributed by atoms with van der Waals surface area (Å²) in [5, 5.41) is 0. The van der Waals surface area contributed by atoms with Gasteiger partial charge in [-0.15, -0.1) is 11.3 Å². The number of hydrogen-bond acceptors (Lipinski definition) is 3. The van der Waals surface area contributed by atoms with Crippen molar-refractivity contribution in [3.8, 4) is 16.2 Å². The van der Waals surface area contributed by atoms with Gasteiger partial charge in [-0.1, -0.05) is 35.9 Å². The monoisotopic (exact) mass is 391 g/mol. The largest absolute Gasteiger partial charge is 0.497 e. The average molecular weight is 392 g/mol. The molecule has 3 aromatic rings. The highest BCUT2D eigenvalue weighted by Gasteiger charge is 2.25. The van der Waals surface area contributed by atoms with E-state index in [0.717, 1.165) is 26.6 Å². The van der Waals surface area contributed by atoms with Crippen molar-refractivity contribution in [1.82, 2.24) is 4.90 Å². The highest BCUT2D eigenvalue weighted by molar-refractivity contribution is 7.17. The van der Waals surface area contributed by atoms with Crippen LogP contribution in [0.3, 0.4) is 0 Å². The second kappa shape index (κ2) is 7.80. The van der Waals surface area contributed by atoms with Gasteiger partial charge in [0, 0.05) is 18.5 Å². The normalized spacial score (nSPS) is 13.4. The SMILES string of the molecule is COc1cc(CN(C)C(=O)c2ccc(-c3cccc(C)c3)s2)cc(C2CC2)c1. The molecule has 1 fully saturated rings. The van der Waals surface area contributed by atoms with E-state index in [1.165, 1.54) is 24.0 Å². The second-order valence-electron chi connectivity index (χ2n) is 7.58. The minimum Gasteiger partial charge on any atom is -0.497 e. The Morgan fingerprint density at radius 1 is 1.14 bits per heavy atom. The maximum Gasteiger partial charge on any atom is 0.263 e. The fourth-order valence-corrected chi connectivity index (χ4v) is 4.48. The van der Waals surface area contributed by atoms with E-state index in [-0.39, 0.29) is 5.91 Å². The maximum absolute atomic E-state index is 13.0. The molecule has 4 heteroatoms. The first kappa shape index (κ1) is 18.8. The van der Waals surface area contributed by atoms with Crippen LogP contribution in [-0.4, -0.2) is 25.0 Å². The molecular weight excluding hydrogens is 366 g/mol. The van der Waals surface area contributed by atoms with E-state index in [0.29, 0.717) is 12.5 Å². The van der Waals surface area contributed by atoms with Crippen LogP contribution in [-0.2, 0) is 6.54 Å². The predicted octanol–water partition coefficient (Wildman–Crippen LogP) is 5.88. The van der Waals surface area contributed by atoms with Gasteiger partial charge in [0.2, 0.25) is 0 Å². The molecular formula is C24H25NO2S. The zero-order valence-electron chi connectivity index (χ0n) is 16.6. The van der Waals surface area contributed by atoms with Gasteiger partial charge >= 0.3 is 0 Å². The quantitative estimate of drug-likeness (QED) is 0.525. The summed E-state index contributed by atoms with van der Waals surface area (Å²) < 4.78 is 5.46. The highest BCUT2D eigenvalue weighted by atomic mass is 32.1. The Bertz CT molecular complexity index is 1000. The summed E-state index contributed by atoms with van der Waals surface area (Å²) >= 11 is 1.55. The number of amides is 1. The first-order chi connectivity index (χ1) is 13.5. The number of carbonyl (C=O) groups excluding carboxylic acids is 1. The van der Waals surface area contributed by atoms with Gasteiger partial charge in [-0.05, 0) is 66.6 Å². The van der Waals surface area contributed by atoms with Gasteiger partial charge in [0.15, 0.2) is 0 Å². The number of thiophene rings is 1. The third-order valence-electron chi connectivity index (χ3n) is 5.16. The van der Waals surface area contributed by atoms with E-state index in [1.54, 1.807) is 23.3 Å². The zero-order chi connectivity index (χ0) is 19.7. The van der Waals surface area contributed by atoms with Crippen LogP contribution in [0.15, 0.2) is 54.6 Å². The first-order valence-corrected chi connectivity index (χ1v) is 10.5. The molecule has 1 amide bonds. The van der Waals surface area contributed by atoms with Crippen molar-refractivity contribution in [3.63, 3.8) is 0 Å².